The van der Waals surface area contributed by atoms with Crippen LogP contribution < -0.4 is 5.73 Å². The van der Waals surface area contributed by atoms with Crippen LogP contribution in [-0.4, -0.2) is 22.9 Å². The average Bonchev–Trinajstić information content (AvgIpc) is 2.49. The van der Waals surface area contributed by atoms with E-state index in [1.54, 1.807) is 24.0 Å². The summed E-state index contributed by atoms with van der Waals surface area (Å²) in [6.07, 6.45) is 1.72. The zero-order chi connectivity index (χ0) is 9.14. The first-order valence-electron chi connectivity index (χ1n) is 3.48. The van der Waals surface area contributed by atoms with E-state index in [0.29, 0.717) is 5.69 Å². The maximum Gasteiger partial charge on any atom is 0.328 e. The molecule has 0 aromatic carbocycles. The molecule has 1 rings (SSSR count). The van der Waals surface area contributed by atoms with Crippen molar-refractivity contribution in [3.05, 3.63) is 18.0 Å². The van der Waals surface area contributed by atoms with Gasteiger partial charge in [0, 0.05) is 13.2 Å². The van der Waals surface area contributed by atoms with Crippen LogP contribution in [0.1, 0.15) is 11.7 Å². The molecule has 5 nitrogen and oxygen atoms in total. The third kappa shape index (κ3) is 1.62. The summed E-state index contributed by atoms with van der Waals surface area (Å²) in [5, 5.41) is 3.97. The van der Waals surface area contributed by atoms with Crippen molar-refractivity contribution in [3.8, 4) is 0 Å². The molecule has 5 heteroatoms. The molecule has 0 radical (unpaired) electrons. The lowest BCUT2D eigenvalue weighted by Gasteiger charge is -2.04. The monoisotopic (exact) mass is 169 g/mol. The lowest BCUT2D eigenvalue weighted by Crippen LogP contribution is -2.23. The molecule has 1 atom stereocenters. The van der Waals surface area contributed by atoms with E-state index in [9.17, 15) is 4.79 Å². The molecule has 0 aliphatic carbocycles. The number of ether oxygens (including phenoxy) is 1. The Balaban J connectivity index is 2.77. The summed E-state index contributed by atoms with van der Waals surface area (Å²) in [6, 6.07) is 0.901. The highest BCUT2D eigenvalue weighted by Crippen LogP contribution is 2.07. The quantitative estimate of drug-likeness (QED) is 0.611. The van der Waals surface area contributed by atoms with Crippen LogP contribution in [0.4, 0.5) is 0 Å². The molecule has 0 aliphatic rings. The number of nitrogens with two attached hydrogens (primary N) is 1. The SMILES string of the molecule is COC(=O)[C@H](N)c1ccn(C)n1. The zero-order valence-corrected chi connectivity index (χ0v) is 7.02. The van der Waals surface area contributed by atoms with Gasteiger partial charge in [0.2, 0.25) is 0 Å². The third-order valence-electron chi connectivity index (χ3n) is 1.51. The van der Waals surface area contributed by atoms with E-state index in [4.69, 9.17) is 5.73 Å². The Morgan fingerprint density at radius 1 is 1.83 bits per heavy atom. The van der Waals surface area contributed by atoms with Crippen molar-refractivity contribution in [2.24, 2.45) is 12.8 Å². The van der Waals surface area contributed by atoms with Gasteiger partial charge in [0.15, 0.2) is 0 Å². The van der Waals surface area contributed by atoms with Gasteiger partial charge in [-0.1, -0.05) is 0 Å². The number of carbonyl (C=O) groups excluding carboxylic acids is 1. The van der Waals surface area contributed by atoms with Crippen LogP contribution in [0.3, 0.4) is 0 Å². The number of hydrogen-bond donors (Lipinski definition) is 1. The van der Waals surface area contributed by atoms with Crippen molar-refractivity contribution < 1.29 is 9.53 Å². The fourth-order valence-electron chi connectivity index (χ4n) is 0.847. The van der Waals surface area contributed by atoms with Crippen molar-refractivity contribution in [1.82, 2.24) is 9.78 Å². The van der Waals surface area contributed by atoms with E-state index in [-0.39, 0.29) is 0 Å². The van der Waals surface area contributed by atoms with Gasteiger partial charge in [-0.2, -0.15) is 5.10 Å². The Kier molecular flexibility index (Phi) is 2.44. The molecule has 1 heterocycles. The van der Waals surface area contributed by atoms with Crippen LogP contribution in [0.2, 0.25) is 0 Å². The smallest absolute Gasteiger partial charge is 0.328 e. The first kappa shape index (κ1) is 8.73. The van der Waals surface area contributed by atoms with Gasteiger partial charge in [-0.05, 0) is 6.07 Å². The zero-order valence-electron chi connectivity index (χ0n) is 7.02. The molecule has 12 heavy (non-hydrogen) atoms. The minimum atomic E-state index is -0.781. The highest BCUT2D eigenvalue weighted by Gasteiger charge is 2.17. The van der Waals surface area contributed by atoms with Gasteiger partial charge >= 0.3 is 5.97 Å². The number of methoxy groups -OCH3 is 1. The molecule has 0 fully saturated rings. The van der Waals surface area contributed by atoms with Gasteiger partial charge in [0.25, 0.3) is 0 Å². The van der Waals surface area contributed by atoms with Crippen LogP contribution in [0.25, 0.3) is 0 Å². The van der Waals surface area contributed by atoms with Gasteiger partial charge in [0.05, 0.1) is 12.8 Å². The molecular formula is C7H11N3O2. The van der Waals surface area contributed by atoms with Crippen LogP contribution in [0.15, 0.2) is 12.3 Å². The predicted octanol–water partition coefficient (Wildman–Crippen LogP) is -0.407. The summed E-state index contributed by atoms with van der Waals surface area (Å²) >= 11 is 0. The second kappa shape index (κ2) is 3.36. The largest absolute Gasteiger partial charge is 0.468 e. The van der Waals surface area contributed by atoms with Crippen molar-refractivity contribution in [2.45, 2.75) is 6.04 Å². The number of aryl methyl sites for hydroxylation is 1. The van der Waals surface area contributed by atoms with E-state index in [1.807, 2.05) is 0 Å². The standard InChI is InChI=1S/C7H11N3O2/c1-10-4-3-5(9-10)6(8)7(11)12-2/h3-4,6H,8H2,1-2H3/t6-/m1/s1. The summed E-state index contributed by atoms with van der Waals surface area (Å²) in [6.45, 7) is 0. The molecule has 1 aromatic heterocycles. The Morgan fingerprint density at radius 3 is 2.92 bits per heavy atom. The number of rotatable bonds is 2. The van der Waals surface area contributed by atoms with E-state index in [0.717, 1.165) is 0 Å². The minimum Gasteiger partial charge on any atom is -0.468 e. The fraction of sp³-hybridized carbons (Fsp3) is 0.429. The number of aromatic nitrogens is 2. The molecule has 2 N–H and O–H groups in total. The summed E-state index contributed by atoms with van der Waals surface area (Å²) in [5.74, 6) is -0.478. The second-order valence-electron chi connectivity index (χ2n) is 2.42. The Hall–Kier alpha value is -1.36. The van der Waals surface area contributed by atoms with Crippen LogP contribution in [-0.2, 0) is 16.6 Å². The Morgan fingerprint density at radius 2 is 2.50 bits per heavy atom. The second-order valence-corrected chi connectivity index (χ2v) is 2.42. The maximum absolute atomic E-state index is 10.9. The molecule has 1 aromatic rings. The summed E-state index contributed by atoms with van der Waals surface area (Å²) < 4.78 is 6.04. The molecule has 0 aliphatic heterocycles. The number of esters is 1. The number of hydrogen-bond acceptors (Lipinski definition) is 4. The van der Waals surface area contributed by atoms with Crippen molar-refractivity contribution >= 4 is 5.97 Å². The van der Waals surface area contributed by atoms with E-state index in [2.05, 4.69) is 9.84 Å². The molecule has 66 valence electrons. The highest BCUT2D eigenvalue weighted by atomic mass is 16.5. The normalized spacial score (nSPS) is 12.6. The molecule has 0 spiro atoms. The van der Waals surface area contributed by atoms with E-state index >= 15 is 0 Å². The lowest BCUT2D eigenvalue weighted by atomic mass is 10.2. The predicted molar refractivity (Wildman–Crippen MR) is 42.2 cm³/mol. The fourth-order valence-corrected chi connectivity index (χ4v) is 0.847. The molecular weight excluding hydrogens is 158 g/mol. The summed E-state index contributed by atoms with van der Waals surface area (Å²) in [7, 11) is 3.05. The van der Waals surface area contributed by atoms with Crippen molar-refractivity contribution in [3.63, 3.8) is 0 Å². The molecule has 0 saturated carbocycles. The first-order valence-corrected chi connectivity index (χ1v) is 3.48. The summed E-state index contributed by atoms with van der Waals surface area (Å²) in [5.41, 5.74) is 6.03. The van der Waals surface area contributed by atoms with Crippen LogP contribution >= 0.6 is 0 Å². The van der Waals surface area contributed by atoms with Crippen molar-refractivity contribution in [2.75, 3.05) is 7.11 Å². The Bertz CT molecular complexity index is 282. The minimum absolute atomic E-state index is 0.478. The van der Waals surface area contributed by atoms with E-state index < -0.39 is 12.0 Å². The molecule has 0 bridgehead atoms. The topological polar surface area (TPSA) is 70.1 Å². The van der Waals surface area contributed by atoms with Gasteiger partial charge in [0.1, 0.15) is 6.04 Å². The summed E-state index contributed by atoms with van der Waals surface area (Å²) in [4.78, 5) is 10.9. The van der Waals surface area contributed by atoms with Crippen LogP contribution in [0, 0.1) is 0 Å². The highest BCUT2D eigenvalue weighted by molar-refractivity contribution is 5.76. The third-order valence-corrected chi connectivity index (χ3v) is 1.51. The van der Waals surface area contributed by atoms with Gasteiger partial charge in [-0.25, -0.2) is 4.79 Å². The van der Waals surface area contributed by atoms with E-state index in [1.165, 1.54) is 7.11 Å². The number of carbonyl (C=O) groups is 1. The molecule has 0 amide bonds. The Labute approximate surface area is 70.1 Å². The average molecular weight is 169 g/mol. The van der Waals surface area contributed by atoms with Gasteiger partial charge in [-0.15, -0.1) is 0 Å². The molecule has 0 unspecified atom stereocenters. The lowest BCUT2D eigenvalue weighted by molar-refractivity contribution is -0.142. The number of nitrogens with zero attached hydrogens (tertiary/aromatic N) is 2. The van der Waals surface area contributed by atoms with Crippen LogP contribution in [0.5, 0.6) is 0 Å². The molecule has 0 saturated heterocycles. The van der Waals surface area contributed by atoms with Crippen molar-refractivity contribution in [1.29, 1.82) is 0 Å². The van der Waals surface area contributed by atoms with Gasteiger partial charge in [-0.3, -0.25) is 4.68 Å². The first-order chi connectivity index (χ1) is 5.65. The maximum atomic E-state index is 10.9. The van der Waals surface area contributed by atoms with Gasteiger partial charge < -0.3 is 10.5 Å².